The van der Waals surface area contributed by atoms with Gasteiger partial charge in [-0.2, -0.15) is 0 Å². The summed E-state index contributed by atoms with van der Waals surface area (Å²) in [5, 5.41) is 21.8. The Bertz CT molecular complexity index is 635. The molecule has 0 bridgehead atoms. The maximum absolute atomic E-state index is 11.9. The molecular formula is C26H44O4. The number of fused-ring (bicyclic) bond motifs is 5. The maximum atomic E-state index is 11.9. The first kappa shape index (κ1) is 22.6. The summed E-state index contributed by atoms with van der Waals surface area (Å²) in [6, 6.07) is 0. The van der Waals surface area contributed by atoms with Crippen LogP contribution in [0.5, 0.6) is 0 Å². The van der Waals surface area contributed by atoms with Gasteiger partial charge in [-0.05, 0) is 111 Å². The van der Waals surface area contributed by atoms with Gasteiger partial charge in [0.25, 0.3) is 0 Å². The van der Waals surface area contributed by atoms with E-state index < -0.39 is 0 Å². The van der Waals surface area contributed by atoms with Crippen molar-refractivity contribution in [3.05, 3.63) is 0 Å². The van der Waals surface area contributed by atoms with Crippen molar-refractivity contribution in [2.75, 3.05) is 6.61 Å². The summed E-state index contributed by atoms with van der Waals surface area (Å²) in [4.78, 5) is 11.9. The number of carbonyl (C=O) groups excluding carboxylic acids is 1. The Labute approximate surface area is 183 Å². The second kappa shape index (κ2) is 8.39. The SMILES string of the molecule is CCOC(=O)CC[C@@H](C)[C@H]1CC[C@H]2[C@@H]3CC[C@H]4C[C@H](O)CC[C@]4(C)[C@@H]3C[C@H](O)[C@]12C. The normalized spacial score (nSPS) is 48.9. The second-order valence-corrected chi connectivity index (χ2v) is 11.7. The van der Waals surface area contributed by atoms with Crippen molar-refractivity contribution in [1.82, 2.24) is 0 Å². The lowest BCUT2D eigenvalue weighted by Gasteiger charge is -2.62. The van der Waals surface area contributed by atoms with Gasteiger partial charge in [0.15, 0.2) is 0 Å². The van der Waals surface area contributed by atoms with Crippen LogP contribution in [-0.4, -0.2) is 35.0 Å². The van der Waals surface area contributed by atoms with Gasteiger partial charge >= 0.3 is 5.97 Å². The van der Waals surface area contributed by atoms with Crippen LogP contribution in [0, 0.1) is 46.3 Å². The predicted molar refractivity (Wildman–Crippen MR) is 118 cm³/mol. The molecule has 10 atom stereocenters. The molecule has 172 valence electrons. The van der Waals surface area contributed by atoms with Crippen molar-refractivity contribution in [2.24, 2.45) is 46.3 Å². The van der Waals surface area contributed by atoms with Gasteiger partial charge in [0.05, 0.1) is 18.8 Å². The molecule has 0 heterocycles. The zero-order valence-electron chi connectivity index (χ0n) is 19.6. The van der Waals surface area contributed by atoms with Crippen LogP contribution >= 0.6 is 0 Å². The van der Waals surface area contributed by atoms with E-state index in [1.54, 1.807) is 0 Å². The van der Waals surface area contributed by atoms with Gasteiger partial charge < -0.3 is 14.9 Å². The van der Waals surface area contributed by atoms with Crippen LogP contribution in [0.25, 0.3) is 0 Å². The maximum Gasteiger partial charge on any atom is 0.305 e. The summed E-state index contributed by atoms with van der Waals surface area (Å²) in [7, 11) is 0. The minimum Gasteiger partial charge on any atom is -0.466 e. The molecule has 4 fully saturated rings. The molecule has 4 aliphatic rings. The standard InChI is InChI=1S/C26H44O4/c1-5-30-24(29)11-6-16(2)20-9-10-21-19-8-7-17-14-18(27)12-13-25(17,3)22(19)15-23(28)26(20,21)4/h16-23,27-28H,5-15H2,1-4H3/t16-,17+,18-,19+,20-,21+,22-,23+,25+,26-/m1/s1. The van der Waals surface area contributed by atoms with E-state index in [-0.39, 0.29) is 29.0 Å². The Hall–Kier alpha value is -0.610. The Morgan fingerprint density at radius 3 is 2.57 bits per heavy atom. The van der Waals surface area contributed by atoms with Crippen LogP contribution in [0.3, 0.4) is 0 Å². The summed E-state index contributed by atoms with van der Waals surface area (Å²) >= 11 is 0. The molecular weight excluding hydrogens is 376 g/mol. The van der Waals surface area contributed by atoms with Crippen LogP contribution in [-0.2, 0) is 9.53 Å². The van der Waals surface area contributed by atoms with Crippen LogP contribution in [0.15, 0.2) is 0 Å². The number of esters is 1. The number of hydrogen-bond acceptors (Lipinski definition) is 4. The Morgan fingerprint density at radius 1 is 1.07 bits per heavy atom. The molecule has 0 aromatic carbocycles. The summed E-state index contributed by atoms with van der Waals surface area (Å²) in [5.74, 6) is 3.39. The van der Waals surface area contributed by atoms with E-state index in [0.29, 0.717) is 42.6 Å². The molecule has 4 nitrogen and oxygen atoms in total. The molecule has 4 rings (SSSR count). The molecule has 0 radical (unpaired) electrons. The van der Waals surface area contributed by atoms with Crippen LogP contribution in [0.1, 0.15) is 91.9 Å². The highest BCUT2D eigenvalue weighted by Gasteiger charge is 2.63. The van der Waals surface area contributed by atoms with Gasteiger partial charge in [-0.25, -0.2) is 0 Å². The Morgan fingerprint density at radius 2 is 1.83 bits per heavy atom. The summed E-state index contributed by atoms with van der Waals surface area (Å²) < 4.78 is 5.14. The minimum absolute atomic E-state index is 0.0212. The molecule has 30 heavy (non-hydrogen) atoms. The van der Waals surface area contributed by atoms with Crippen LogP contribution in [0.4, 0.5) is 0 Å². The van der Waals surface area contributed by atoms with E-state index in [2.05, 4.69) is 20.8 Å². The van der Waals surface area contributed by atoms with Crippen molar-refractivity contribution in [3.8, 4) is 0 Å². The molecule has 4 heteroatoms. The number of aliphatic hydroxyl groups excluding tert-OH is 2. The van der Waals surface area contributed by atoms with Gasteiger partial charge in [-0.15, -0.1) is 0 Å². The summed E-state index contributed by atoms with van der Waals surface area (Å²) in [6.07, 6.45) is 9.88. The van der Waals surface area contributed by atoms with E-state index in [4.69, 9.17) is 4.74 Å². The molecule has 4 saturated carbocycles. The number of hydrogen-bond donors (Lipinski definition) is 2. The highest BCUT2D eigenvalue weighted by molar-refractivity contribution is 5.69. The van der Waals surface area contributed by atoms with Gasteiger partial charge in [0, 0.05) is 6.42 Å². The fourth-order valence-corrected chi connectivity index (χ4v) is 8.94. The summed E-state index contributed by atoms with van der Waals surface area (Å²) in [6.45, 7) is 9.45. The average Bonchev–Trinajstić information content (AvgIpc) is 3.07. The third-order valence-corrected chi connectivity index (χ3v) is 10.6. The molecule has 0 spiro atoms. The quantitative estimate of drug-likeness (QED) is 0.617. The van der Waals surface area contributed by atoms with Gasteiger partial charge in [-0.3, -0.25) is 4.79 Å². The molecule has 0 aliphatic heterocycles. The molecule has 0 saturated heterocycles. The van der Waals surface area contributed by atoms with E-state index in [9.17, 15) is 15.0 Å². The van der Waals surface area contributed by atoms with Crippen molar-refractivity contribution in [2.45, 2.75) is 104 Å². The molecule has 0 amide bonds. The van der Waals surface area contributed by atoms with Crippen LogP contribution in [0.2, 0.25) is 0 Å². The third kappa shape index (κ3) is 3.54. The highest BCUT2D eigenvalue weighted by atomic mass is 16.5. The van der Waals surface area contributed by atoms with Gasteiger partial charge in [0.1, 0.15) is 0 Å². The molecule has 4 aliphatic carbocycles. The lowest BCUT2D eigenvalue weighted by atomic mass is 9.43. The minimum atomic E-state index is -0.247. The molecule has 0 aromatic rings. The van der Waals surface area contributed by atoms with E-state index >= 15 is 0 Å². The van der Waals surface area contributed by atoms with Gasteiger partial charge in [-0.1, -0.05) is 20.8 Å². The zero-order valence-corrected chi connectivity index (χ0v) is 19.6. The van der Waals surface area contributed by atoms with Gasteiger partial charge in [0.2, 0.25) is 0 Å². The summed E-state index contributed by atoms with van der Waals surface area (Å²) in [5.41, 5.74) is 0.269. The topological polar surface area (TPSA) is 66.8 Å². The first-order valence-corrected chi connectivity index (χ1v) is 12.7. The number of rotatable bonds is 5. The second-order valence-electron chi connectivity index (χ2n) is 11.7. The number of carbonyl (C=O) groups is 1. The predicted octanol–water partition coefficient (Wildman–Crippen LogP) is 4.96. The smallest absolute Gasteiger partial charge is 0.305 e. The zero-order chi connectivity index (χ0) is 21.7. The first-order chi connectivity index (χ1) is 14.2. The number of aliphatic hydroxyl groups is 2. The van der Waals surface area contributed by atoms with E-state index in [1.165, 1.54) is 25.7 Å². The first-order valence-electron chi connectivity index (χ1n) is 12.7. The average molecular weight is 421 g/mol. The lowest BCUT2D eigenvalue weighted by molar-refractivity contribution is -0.175. The molecule has 0 aromatic heterocycles. The molecule has 0 unspecified atom stereocenters. The largest absolute Gasteiger partial charge is 0.466 e. The van der Waals surface area contributed by atoms with Crippen molar-refractivity contribution in [3.63, 3.8) is 0 Å². The van der Waals surface area contributed by atoms with Crippen LogP contribution < -0.4 is 0 Å². The van der Waals surface area contributed by atoms with Crippen molar-refractivity contribution in [1.29, 1.82) is 0 Å². The highest BCUT2D eigenvalue weighted by Crippen LogP contribution is 2.68. The fraction of sp³-hybridized carbons (Fsp3) is 0.962. The molecule has 2 N–H and O–H groups in total. The lowest BCUT2D eigenvalue weighted by Crippen LogP contribution is -2.58. The van der Waals surface area contributed by atoms with Crippen molar-refractivity contribution < 1.29 is 19.7 Å². The van der Waals surface area contributed by atoms with Crippen molar-refractivity contribution >= 4 is 5.97 Å². The monoisotopic (exact) mass is 420 g/mol. The Kier molecular flexibility index (Phi) is 6.31. The third-order valence-electron chi connectivity index (χ3n) is 10.6. The number of ether oxygens (including phenoxy) is 1. The van der Waals surface area contributed by atoms with E-state index in [1.807, 2.05) is 6.92 Å². The Balaban J connectivity index is 1.50. The van der Waals surface area contributed by atoms with E-state index in [0.717, 1.165) is 38.0 Å². The fourth-order valence-electron chi connectivity index (χ4n) is 8.94.